The zero-order valence-corrected chi connectivity index (χ0v) is 21.4. The molecule has 1 atom stereocenters. The Kier molecular flexibility index (Phi) is 15.2. The van der Waals surface area contributed by atoms with E-state index in [1.165, 1.54) is 19.3 Å². The molecule has 0 amide bonds. The van der Waals surface area contributed by atoms with Gasteiger partial charge in [-0.15, -0.1) is 0 Å². The molecule has 7 heteroatoms. The molecule has 1 aliphatic heterocycles. The van der Waals surface area contributed by atoms with Gasteiger partial charge >= 0.3 is 0 Å². The van der Waals surface area contributed by atoms with Crippen LogP contribution in [0.5, 0.6) is 0 Å². The summed E-state index contributed by atoms with van der Waals surface area (Å²) in [5, 5.41) is 5.63. The molecule has 0 aromatic heterocycles. The predicted molar refractivity (Wildman–Crippen MR) is 129 cm³/mol. The van der Waals surface area contributed by atoms with Gasteiger partial charge in [0.1, 0.15) is 0 Å². The lowest BCUT2D eigenvalue weighted by molar-refractivity contribution is 0.0458. The van der Waals surface area contributed by atoms with Crippen molar-refractivity contribution in [1.29, 1.82) is 0 Å². The topological polar surface area (TPSA) is 67.0 Å². The zero-order valence-electron chi connectivity index (χ0n) is 21.4. The van der Waals surface area contributed by atoms with E-state index in [1.807, 2.05) is 0 Å². The monoisotopic (exact) mass is 444 g/mol. The van der Waals surface area contributed by atoms with Crippen LogP contribution in [0.1, 0.15) is 73.6 Å². The Bertz CT molecular complexity index is 424. The van der Waals surface area contributed by atoms with Crippen molar-refractivity contribution in [2.24, 2.45) is 10.8 Å². The first-order chi connectivity index (χ1) is 14.7. The molecule has 0 saturated carbocycles. The lowest BCUT2D eigenvalue weighted by atomic mass is 9.90. The molecule has 1 heterocycles. The van der Waals surface area contributed by atoms with Crippen LogP contribution in [-0.2, 0) is 14.2 Å². The van der Waals surface area contributed by atoms with E-state index in [4.69, 9.17) is 14.2 Å². The van der Waals surface area contributed by atoms with Gasteiger partial charge in [0.2, 0.25) is 0 Å². The number of ether oxygens (including phenoxy) is 3. The second kappa shape index (κ2) is 16.4. The van der Waals surface area contributed by atoms with Crippen LogP contribution >= 0.6 is 0 Å². The maximum absolute atomic E-state index is 5.74. The molecule has 0 radical (unpaired) electrons. The van der Waals surface area contributed by atoms with E-state index in [0.29, 0.717) is 30.1 Å². The van der Waals surface area contributed by atoms with Crippen molar-refractivity contribution >= 4 is 0 Å². The first-order valence-corrected chi connectivity index (χ1v) is 12.4. The van der Waals surface area contributed by atoms with Crippen molar-refractivity contribution in [3.8, 4) is 0 Å². The van der Waals surface area contributed by atoms with E-state index >= 15 is 0 Å². The molecule has 0 aromatic carbocycles. The molecule has 0 spiro atoms. The molecule has 3 N–H and O–H groups in total. The van der Waals surface area contributed by atoms with Crippen LogP contribution in [0.4, 0.5) is 0 Å². The van der Waals surface area contributed by atoms with Gasteiger partial charge in [0.15, 0.2) is 0 Å². The fraction of sp³-hybridized carbons (Fsp3) is 1.00. The van der Waals surface area contributed by atoms with Crippen LogP contribution in [0, 0.1) is 10.8 Å². The number of unbranched alkanes of at least 4 members (excludes halogenated alkanes) is 1. The molecule has 1 fully saturated rings. The lowest BCUT2D eigenvalue weighted by Crippen LogP contribution is -2.38. The molecule has 0 aliphatic carbocycles. The molecule has 1 aliphatic rings. The largest absolute Gasteiger partial charge is 0.380 e. The third-order valence-corrected chi connectivity index (χ3v) is 5.31. The molecule has 0 aromatic rings. The fourth-order valence-corrected chi connectivity index (χ4v) is 3.23. The van der Waals surface area contributed by atoms with Gasteiger partial charge in [0.25, 0.3) is 0 Å². The first-order valence-electron chi connectivity index (χ1n) is 12.4. The number of nitrogens with one attached hydrogen (secondary N) is 3. The minimum absolute atomic E-state index is 0.339. The van der Waals surface area contributed by atoms with E-state index in [1.54, 1.807) is 0 Å². The summed E-state index contributed by atoms with van der Waals surface area (Å²) in [4.78, 5) is 0. The first kappa shape index (κ1) is 28.8. The number of hydrogen-bond donors (Lipinski definition) is 3. The summed E-state index contributed by atoms with van der Waals surface area (Å²) in [6.07, 6.45) is 5.91. The standard InChI is InChI=1S/C24H52N4O3/c1-23(2,3)10-7-8-12-25-13-17-31-20-19-29-15-9-22-21-28(27-26-22)14-18-30-16-11-24(4,5)6/h22,25-27H,7-21H2,1-6H3. The van der Waals surface area contributed by atoms with Crippen molar-refractivity contribution < 1.29 is 14.2 Å². The highest BCUT2D eigenvalue weighted by atomic mass is 16.5. The maximum Gasteiger partial charge on any atom is 0.0701 e. The highest BCUT2D eigenvalue weighted by Gasteiger charge is 2.20. The molecule has 1 rings (SSSR count). The predicted octanol–water partition coefficient (Wildman–Crippen LogP) is 3.36. The van der Waals surface area contributed by atoms with E-state index < -0.39 is 0 Å². The van der Waals surface area contributed by atoms with Gasteiger partial charge in [-0.25, -0.2) is 10.4 Å². The number of hydrogen-bond acceptors (Lipinski definition) is 7. The van der Waals surface area contributed by atoms with Crippen molar-refractivity contribution in [2.75, 3.05) is 65.8 Å². The third kappa shape index (κ3) is 18.9. The molecule has 31 heavy (non-hydrogen) atoms. The van der Waals surface area contributed by atoms with Crippen LogP contribution < -0.4 is 16.3 Å². The Morgan fingerprint density at radius 1 is 0.774 bits per heavy atom. The van der Waals surface area contributed by atoms with Gasteiger partial charge in [-0.2, -0.15) is 5.53 Å². The van der Waals surface area contributed by atoms with Gasteiger partial charge < -0.3 is 19.5 Å². The molecular weight excluding hydrogens is 392 g/mol. The molecule has 0 bridgehead atoms. The number of rotatable bonds is 18. The van der Waals surface area contributed by atoms with E-state index in [0.717, 1.165) is 65.4 Å². The average molecular weight is 445 g/mol. The summed E-state index contributed by atoms with van der Waals surface area (Å²) in [5.41, 5.74) is 7.34. The normalized spacial score (nSPS) is 18.2. The number of hydrazine groups is 2. The molecule has 7 nitrogen and oxygen atoms in total. The number of nitrogens with zero attached hydrogens (tertiary/aromatic N) is 1. The van der Waals surface area contributed by atoms with Crippen LogP contribution in [-0.4, -0.2) is 76.9 Å². The van der Waals surface area contributed by atoms with Gasteiger partial charge in [-0.1, -0.05) is 48.0 Å². The van der Waals surface area contributed by atoms with Gasteiger partial charge in [0, 0.05) is 38.9 Å². The Balaban J connectivity index is 1.81. The SMILES string of the molecule is CC(C)(C)CCCCNCCOCCOCCC1CN(CCOCCC(C)(C)C)NN1. The molecule has 186 valence electrons. The second-order valence-corrected chi connectivity index (χ2v) is 11.1. The van der Waals surface area contributed by atoms with E-state index in [-0.39, 0.29) is 0 Å². The Labute approximate surface area is 192 Å². The van der Waals surface area contributed by atoms with Gasteiger partial charge in [-0.3, -0.25) is 0 Å². The fourth-order valence-electron chi connectivity index (χ4n) is 3.23. The zero-order chi connectivity index (χ0) is 23.0. The summed E-state index contributed by atoms with van der Waals surface area (Å²) in [5.74, 6) is 0. The smallest absolute Gasteiger partial charge is 0.0701 e. The van der Waals surface area contributed by atoms with Crippen molar-refractivity contribution in [1.82, 2.24) is 21.3 Å². The van der Waals surface area contributed by atoms with Crippen LogP contribution in [0.3, 0.4) is 0 Å². The maximum atomic E-state index is 5.74. The van der Waals surface area contributed by atoms with Crippen LogP contribution in [0.2, 0.25) is 0 Å². The minimum atomic E-state index is 0.339. The van der Waals surface area contributed by atoms with Crippen molar-refractivity contribution in [3.63, 3.8) is 0 Å². The van der Waals surface area contributed by atoms with E-state index in [9.17, 15) is 0 Å². The highest BCUT2D eigenvalue weighted by molar-refractivity contribution is 4.73. The third-order valence-electron chi connectivity index (χ3n) is 5.31. The highest BCUT2D eigenvalue weighted by Crippen LogP contribution is 2.21. The van der Waals surface area contributed by atoms with Crippen molar-refractivity contribution in [2.45, 2.75) is 79.7 Å². The minimum Gasteiger partial charge on any atom is -0.380 e. The van der Waals surface area contributed by atoms with Crippen LogP contribution in [0.15, 0.2) is 0 Å². The van der Waals surface area contributed by atoms with Crippen molar-refractivity contribution in [3.05, 3.63) is 0 Å². The molecular formula is C24H52N4O3. The van der Waals surface area contributed by atoms with Crippen LogP contribution in [0.25, 0.3) is 0 Å². The van der Waals surface area contributed by atoms with Gasteiger partial charge in [-0.05, 0) is 43.1 Å². The average Bonchev–Trinajstić information content (AvgIpc) is 3.11. The second-order valence-electron chi connectivity index (χ2n) is 11.1. The summed E-state index contributed by atoms with van der Waals surface area (Å²) < 4.78 is 17.1. The summed E-state index contributed by atoms with van der Waals surface area (Å²) in [7, 11) is 0. The summed E-state index contributed by atoms with van der Waals surface area (Å²) >= 11 is 0. The van der Waals surface area contributed by atoms with E-state index in [2.05, 4.69) is 62.8 Å². The summed E-state index contributed by atoms with van der Waals surface area (Å²) in [6.45, 7) is 22.0. The Hall–Kier alpha value is -0.280. The molecule has 1 saturated heterocycles. The quantitative estimate of drug-likeness (QED) is 0.280. The lowest BCUT2D eigenvalue weighted by Gasteiger charge is -2.19. The Morgan fingerprint density at radius 3 is 2.16 bits per heavy atom. The summed E-state index contributed by atoms with van der Waals surface area (Å²) in [6, 6.07) is 0.415. The Morgan fingerprint density at radius 2 is 1.45 bits per heavy atom. The molecule has 1 unspecified atom stereocenters. The van der Waals surface area contributed by atoms with Gasteiger partial charge in [0.05, 0.1) is 26.4 Å².